The van der Waals surface area contributed by atoms with Gasteiger partial charge in [-0.25, -0.2) is 9.18 Å². The lowest BCUT2D eigenvalue weighted by Gasteiger charge is -2.27. The predicted molar refractivity (Wildman–Crippen MR) is 112 cm³/mol. The van der Waals surface area contributed by atoms with Crippen LogP contribution in [0, 0.1) is 19.7 Å². The molecule has 0 spiro atoms. The van der Waals surface area contributed by atoms with Gasteiger partial charge in [0.2, 0.25) is 0 Å². The summed E-state index contributed by atoms with van der Waals surface area (Å²) in [6.45, 7) is 11.6. The van der Waals surface area contributed by atoms with E-state index in [0.29, 0.717) is 41.2 Å². The van der Waals surface area contributed by atoms with E-state index in [1.165, 1.54) is 29.2 Å². The first-order valence-electron chi connectivity index (χ1n) is 10.2. The van der Waals surface area contributed by atoms with Crippen LogP contribution in [-0.4, -0.2) is 46.3 Å². The molecule has 1 unspecified atom stereocenters. The molecule has 2 aromatic rings. The summed E-state index contributed by atoms with van der Waals surface area (Å²) in [4.78, 5) is 40.3. The fourth-order valence-corrected chi connectivity index (χ4v) is 3.82. The number of amides is 1. The summed E-state index contributed by atoms with van der Waals surface area (Å²) in [6.07, 6.45) is 0. The topological polar surface area (TPSA) is 68.6 Å². The number of benzene rings is 1. The number of carbonyl (C=O) groups is 3. The Morgan fingerprint density at radius 2 is 1.70 bits per heavy atom. The van der Waals surface area contributed by atoms with Crippen molar-refractivity contribution in [3.8, 4) is 0 Å². The van der Waals surface area contributed by atoms with Crippen LogP contribution >= 0.6 is 0 Å². The van der Waals surface area contributed by atoms with E-state index in [4.69, 9.17) is 4.74 Å². The number of carbonyl (C=O) groups excluding carboxylic acids is 3. The van der Waals surface area contributed by atoms with Crippen LogP contribution < -0.4 is 0 Å². The van der Waals surface area contributed by atoms with Crippen LogP contribution in [-0.2, 0) is 11.3 Å². The van der Waals surface area contributed by atoms with E-state index < -0.39 is 17.8 Å². The average Bonchev–Trinajstić information content (AvgIpc) is 2.97. The lowest BCUT2D eigenvalue weighted by Crippen LogP contribution is -2.43. The number of ketones is 1. The first-order chi connectivity index (χ1) is 14.2. The Balaban J connectivity index is 2.44. The van der Waals surface area contributed by atoms with Crippen molar-refractivity contribution in [1.29, 1.82) is 0 Å². The molecule has 0 aliphatic carbocycles. The van der Waals surface area contributed by atoms with E-state index in [9.17, 15) is 18.8 Å². The van der Waals surface area contributed by atoms with Gasteiger partial charge in [-0.3, -0.25) is 9.59 Å². The van der Waals surface area contributed by atoms with Crippen LogP contribution in [0.1, 0.15) is 70.2 Å². The molecule has 7 heteroatoms. The maximum atomic E-state index is 13.4. The number of ether oxygens (including phenoxy) is 1. The van der Waals surface area contributed by atoms with Gasteiger partial charge in [0.1, 0.15) is 11.5 Å². The highest BCUT2D eigenvalue weighted by Gasteiger charge is 2.32. The zero-order chi connectivity index (χ0) is 22.6. The first-order valence-corrected chi connectivity index (χ1v) is 10.2. The Kier molecular flexibility index (Phi) is 7.54. The summed E-state index contributed by atoms with van der Waals surface area (Å²) < 4.78 is 20.1. The van der Waals surface area contributed by atoms with E-state index >= 15 is 0 Å². The van der Waals surface area contributed by atoms with Gasteiger partial charge >= 0.3 is 5.97 Å². The highest BCUT2D eigenvalue weighted by Crippen LogP contribution is 2.26. The molecule has 0 radical (unpaired) electrons. The monoisotopic (exact) mass is 416 g/mol. The third-order valence-corrected chi connectivity index (χ3v) is 5.34. The Bertz CT molecular complexity index is 947. The molecule has 0 saturated heterocycles. The zero-order valence-corrected chi connectivity index (χ0v) is 18.4. The summed E-state index contributed by atoms with van der Waals surface area (Å²) in [5.74, 6) is -1.51. The maximum absolute atomic E-state index is 13.4. The van der Waals surface area contributed by atoms with Gasteiger partial charge in [-0.05, 0) is 71.4 Å². The number of esters is 1. The molecule has 1 amide bonds. The van der Waals surface area contributed by atoms with Gasteiger partial charge in [0, 0.05) is 29.9 Å². The van der Waals surface area contributed by atoms with Crippen molar-refractivity contribution in [2.75, 3.05) is 13.2 Å². The molecule has 1 aromatic carbocycles. The number of Topliss-reactive ketones (excluding diaryl/α,β-unsaturated/α-hetero) is 1. The smallest absolute Gasteiger partial charge is 0.355 e. The van der Waals surface area contributed by atoms with E-state index in [-0.39, 0.29) is 18.3 Å². The van der Waals surface area contributed by atoms with Crippen molar-refractivity contribution in [1.82, 2.24) is 9.47 Å². The quantitative estimate of drug-likeness (QED) is 0.478. The number of aromatic nitrogens is 1. The van der Waals surface area contributed by atoms with E-state index in [1.807, 2.05) is 6.92 Å². The molecule has 0 bridgehead atoms. The van der Waals surface area contributed by atoms with Gasteiger partial charge in [0.15, 0.2) is 5.78 Å². The second kappa shape index (κ2) is 9.69. The second-order valence-corrected chi connectivity index (χ2v) is 7.04. The normalized spacial score (nSPS) is 11.8. The molecule has 30 heavy (non-hydrogen) atoms. The summed E-state index contributed by atoms with van der Waals surface area (Å²) >= 11 is 0. The minimum absolute atomic E-state index is 0.238. The molecule has 162 valence electrons. The van der Waals surface area contributed by atoms with Gasteiger partial charge in [0.25, 0.3) is 5.91 Å². The molecule has 0 aliphatic rings. The lowest BCUT2D eigenvalue weighted by atomic mass is 9.99. The van der Waals surface area contributed by atoms with Crippen LogP contribution in [0.15, 0.2) is 24.3 Å². The number of halogens is 1. The van der Waals surface area contributed by atoms with E-state index in [2.05, 4.69) is 0 Å². The van der Waals surface area contributed by atoms with Crippen LogP contribution in [0.5, 0.6) is 0 Å². The van der Waals surface area contributed by atoms with Gasteiger partial charge < -0.3 is 14.2 Å². The standard InChI is InChI=1S/C23H29FN2O4/c1-7-25-15(5)19(14(4)20(25)23(29)30-9-3)21(27)16(6)26(8-2)22(28)17-10-12-18(24)13-11-17/h10-13,16H,7-9H2,1-6H3. The van der Waals surface area contributed by atoms with Gasteiger partial charge in [-0.2, -0.15) is 0 Å². The zero-order valence-electron chi connectivity index (χ0n) is 18.4. The number of likely N-dealkylation sites (N-methyl/N-ethyl adjacent to an activating group) is 1. The van der Waals surface area contributed by atoms with Crippen LogP contribution in [0.25, 0.3) is 0 Å². The molecular formula is C23H29FN2O4. The Hall–Kier alpha value is -2.96. The largest absolute Gasteiger partial charge is 0.461 e. The van der Waals surface area contributed by atoms with Crippen LogP contribution in [0.3, 0.4) is 0 Å². The average molecular weight is 416 g/mol. The van der Waals surface area contributed by atoms with Gasteiger partial charge in [-0.1, -0.05) is 0 Å². The minimum atomic E-state index is -0.757. The van der Waals surface area contributed by atoms with Crippen molar-refractivity contribution < 1.29 is 23.5 Å². The van der Waals surface area contributed by atoms with Crippen molar-refractivity contribution in [3.05, 3.63) is 58.2 Å². The highest BCUT2D eigenvalue weighted by atomic mass is 19.1. The molecule has 1 heterocycles. The van der Waals surface area contributed by atoms with Gasteiger partial charge in [0.05, 0.1) is 12.6 Å². The van der Waals surface area contributed by atoms with E-state index in [1.54, 1.807) is 39.2 Å². The van der Waals surface area contributed by atoms with Crippen LogP contribution in [0.2, 0.25) is 0 Å². The molecule has 0 aliphatic heterocycles. The molecule has 1 aromatic heterocycles. The Morgan fingerprint density at radius 3 is 2.20 bits per heavy atom. The number of nitrogens with zero attached hydrogens (tertiary/aromatic N) is 2. The number of hydrogen-bond donors (Lipinski definition) is 0. The SMILES string of the molecule is CCOC(=O)c1c(C)c(C(=O)C(C)N(CC)C(=O)c2ccc(F)cc2)c(C)n1CC. The van der Waals surface area contributed by atoms with Crippen molar-refractivity contribution in [2.45, 2.75) is 54.1 Å². The van der Waals surface area contributed by atoms with Crippen molar-refractivity contribution in [3.63, 3.8) is 0 Å². The molecule has 1 atom stereocenters. The van der Waals surface area contributed by atoms with Crippen LogP contribution in [0.4, 0.5) is 4.39 Å². The van der Waals surface area contributed by atoms with Gasteiger partial charge in [-0.15, -0.1) is 0 Å². The fourth-order valence-electron chi connectivity index (χ4n) is 3.82. The summed E-state index contributed by atoms with van der Waals surface area (Å²) in [5.41, 5.74) is 2.32. The molecule has 0 N–H and O–H groups in total. The van der Waals surface area contributed by atoms with Crippen molar-refractivity contribution in [2.24, 2.45) is 0 Å². The fraction of sp³-hybridized carbons (Fsp3) is 0.435. The molecular weight excluding hydrogens is 387 g/mol. The first kappa shape index (κ1) is 23.3. The number of rotatable bonds is 8. The molecule has 2 rings (SSSR count). The minimum Gasteiger partial charge on any atom is -0.461 e. The molecule has 6 nitrogen and oxygen atoms in total. The second-order valence-electron chi connectivity index (χ2n) is 7.04. The highest BCUT2D eigenvalue weighted by molar-refractivity contribution is 6.07. The van der Waals surface area contributed by atoms with E-state index in [0.717, 1.165) is 0 Å². The Labute approximate surface area is 176 Å². The van der Waals surface area contributed by atoms with Crippen molar-refractivity contribution >= 4 is 17.7 Å². The molecule has 0 fully saturated rings. The third-order valence-electron chi connectivity index (χ3n) is 5.34. The molecule has 0 saturated carbocycles. The third kappa shape index (κ3) is 4.30. The maximum Gasteiger partial charge on any atom is 0.355 e. The Morgan fingerprint density at radius 1 is 1.10 bits per heavy atom. The predicted octanol–water partition coefficient (Wildman–Crippen LogP) is 4.17. The lowest BCUT2D eigenvalue weighted by molar-refractivity contribution is 0.0512. The summed E-state index contributed by atoms with van der Waals surface area (Å²) in [7, 11) is 0. The number of hydrogen-bond acceptors (Lipinski definition) is 4. The summed E-state index contributed by atoms with van der Waals surface area (Å²) in [5, 5.41) is 0. The summed E-state index contributed by atoms with van der Waals surface area (Å²) in [6, 6.07) is 4.48.